The van der Waals surface area contributed by atoms with E-state index in [-0.39, 0.29) is 26.1 Å². The van der Waals surface area contributed by atoms with Crippen molar-refractivity contribution in [3.05, 3.63) is 65.7 Å². The minimum Gasteiger partial charge on any atom is -0.445 e. The summed E-state index contributed by atoms with van der Waals surface area (Å²) in [4.78, 5) is 27.9. The molecule has 7 nitrogen and oxygen atoms in total. The molecule has 0 spiro atoms. The van der Waals surface area contributed by atoms with Crippen LogP contribution in [0.25, 0.3) is 0 Å². The third-order valence-corrected chi connectivity index (χ3v) is 4.93. The Morgan fingerprint density at radius 1 is 1.12 bits per heavy atom. The van der Waals surface area contributed by atoms with Crippen LogP contribution < -0.4 is 4.74 Å². The number of halogens is 3. The summed E-state index contributed by atoms with van der Waals surface area (Å²) in [7, 11) is 1.47. The van der Waals surface area contributed by atoms with Gasteiger partial charge in [-0.05, 0) is 23.3 Å². The number of nitrogens with zero attached hydrogens (tertiary/aromatic N) is 2. The Balaban J connectivity index is 1.63. The zero-order chi connectivity index (χ0) is 23.3. The summed E-state index contributed by atoms with van der Waals surface area (Å²) in [5.41, 5.74) is 1.20. The van der Waals surface area contributed by atoms with Crippen molar-refractivity contribution in [1.82, 2.24) is 9.80 Å². The monoisotopic (exact) mass is 452 g/mol. The van der Waals surface area contributed by atoms with Crippen LogP contribution in [0.3, 0.4) is 0 Å². The second kappa shape index (κ2) is 9.90. The first kappa shape index (κ1) is 23.4. The van der Waals surface area contributed by atoms with E-state index in [9.17, 15) is 27.9 Å². The first-order chi connectivity index (χ1) is 15.1. The Morgan fingerprint density at radius 3 is 2.50 bits per heavy atom. The van der Waals surface area contributed by atoms with Gasteiger partial charge in [0.05, 0.1) is 12.6 Å². The standard InChI is InChI=1S/C22H23F3N2O5/c1-26(12-16-8-5-9-18(10-16)32-22(23,24)25)20(29)19-11-17(28)13-27(19)21(30)31-14-15-6-3-2-4-7-15/h2-10,17,19,28H,11-14H2,1H3/t17-,19+/m1/s1. The van der Waals surface area contributed by atoms with Crippen molar-refractivity contribution in [3.63, 3.8) is 0 Å². The predicted molar refractivity (Wildman–Crippen MR) is 107 cm³/mol. The molecule has 0 aromatic heterocycles. The molecule has 2 atom stereocenters. The summed E-state index contributed by atoms with van der Waals surface area (Å²) in [6.07, 6.45) is -6.38. The second-order valence-electron chi connectivity index (χ2n) is 7.49. The number of alkyl halides is 3. The van der Waals surface area contributed by atoms with Gasteiger partial charge in [-0.1, -0.05) is 42.5 Å². The Labute approximate surface area is 182 Å². The lowest BCUT2D eigenvalue weighted by atomic mass is 10.1. The van der Waals surface area contributed by atoms with Crippen LogP contribution in [0.1, 0.15) is 17.5 Å². The molecule has 2 aromatic carbocycles. The highest BCUT2D eigenvalue weighted by molar-refractivity contribution is 5.86. The molecule has 32 heavy (non-hydrogen) atoms. The quantitative estimate of drug-likeness (QED) is 0.728. The van der Waals surface area contributed by atoms with E-state index < -0.39 is 36.3 Å². The van der Waals surface area contributed by atoms with Crippen LogP contribution >= 0.6 is 0 Å². The van der Waals surface area contributed by atoms with Crippen molar-refractivity contribution in [3.8, 4) is 5.75 Å². The van der Waals surface area contributed by atoms with Gasteiger partial charge in [-0.15, -0.1) is 13.2 Å². The number of carbonyl (C=O) groups excluding carboxylic acids is 2. The normalized spacial score (nSPS) is 18.3. The van der Waals surface area contributed by atoms with E-state index in [0.29, 0.717) is 5.56 Å². The maximum Gasteiger partial charge on any atom is 0.573 e. The lowest BCUT2D eigenvalue weighted by molar-refractivity contribution is -0.274. The molecule has 1 aliphatic heterocycles. The number of likely N-dealkylation sites (N-methyl/N-ethyl adjacent to an activating group) is 1. The molecule has 0 aliphatic carbocycles. The van der Waals surface area contributed by atoms with Crippen molar-refractivity contribution < 1.29 is 37.3 Å². The lowest BCUT2D eigenvalue weighted by Crippen LogP contribution is -2.46. The van der Waals surface area contributed by atoms with Crippen molar-refractivity contribution >= 4 is 12.0 Å². The van der Waals surface area contributed by atoms with Gasteiger partial charge in [0.1, 0.15) is 18.4 Å². The molecule has 172 valence electrons. The molecule has 3 rings (SSSR count). The van der Waals surface area contributed by atoms with Crippen LogP contribution in [-0.4, -0.2) is 59.0 Å². The molecule has 1 fully saturated rings. The smallest absolute Gasteiger partial charge is 0.445 e. The summed E-state index contributed by atoms with van der Waals surface area (Å²) in [5, 5.41) is 10.0. The van der Waals surface area contributed by atoms with Crippen molar-refractivity contribution in [2.45, 2.75) is 38.1 Å². The molecule has 1 saturated heterocycles. The molecular formula is C22H23F3N2O5. The first-order valence-electron chi connectivity index (χ1n) is 9.87. The predicted octanol–water partition coefficient (Wildman–Crippen LogP) is 3.32. The third-order valence-electron chi connectivity index (χ3n) is 4.93. The summed E-state index contributed by atoms with van der Waals surface area (Å²) in [6.45, 7) is -0.0326. The molecule has 2 aromatic rings. The molecule has 0 bridgehead atoms. The maximum atomic E-state index is 13.0. The highest BCUT2D eigenvalue weighted by Crippen LogP contribution is 2.25. The number of likely N-dealkylation sites (tertiary alicyclic amines) is 1. The number of hydrogen-bond donors (Lipinski definition) is 1. The highest BCUT2D eigenvalue weighted by Gasteiger charge is 2.41. The zero-order valence-electron chi connectivity index (χ0n) is 17.3. The van der Waals surface area contributed by atoms with Crippen LogP contribution in [0.15, 0.2) is 54.6 Å². The summed E-state index contributed by atoms with van der Waals surface area (Å²) in [6, 6.07) is 13.4. The topological polar surface area (TPSA) is 79.3 Å². The number of aliphatic hydroxyl groups is 1. The molecule has 0 radical (unpaired) electrons. The number of ether oxygens (including phenoxy) is 2. The summed E-state index contributed by atoms with van der Waals surface area (Å²) in [5.74, 6) is -0.849. The fourth-order valence-electron chi connectivity index (χ4n) is 3.50. The van der Waals surface area contributed by atoms with Gasteiger partial charge in [0.15, 0.2) is 0 Å². The summed E-state index contributed by atoms with van der Waals surface area (Å²) >= 11 is 0. The minimum atomic E-state index is -4.82. The Hall–Kier alpha value is -3.27. The van der Waals surface area contributed by atoms with Gasteiger partial charge in [0, 0.05) is 20.0 Å². The third kappa shape index (κ3) is 6.36. The fraction of sp³-hybridized carbons (Fsp3) is 0.364. The number of rotatable bonds is 6. The number of amides is 2. The Bertz CT molecular complexity index is 939. The van der Waals surface area contributed by atoms with Gasteiger partial charge < -0.3 is 19.5 Å². The van der Waals surface area contributed by atoms with Gasteiger partial charge in [0.2, 0.25) is 5.91 Å². The second-order valence-corrected chi connectivity index (χ2v) is 7.49. The number of benzene rings is 2. The molecule has 10 heteroatoms. The molecule has 2 amide bonds. The number of β-amino-alcohol motifs (C(OH)–C–C–N with tert-alkyl or cyclic N) is 1. The van der Waals surface area contributed by atoms with Crippen LogP contribution in [-0.2, 0) is 22.7 Å². The van der Waals surface area contributed by atoms with Gasteiger partial charge in [-0.3, -0.25) is 9.69 Å². The molecular weight excluding hydrogens is 429 g/mol. The van der Waals surface area contributed by atoms with Gasteiger partial charge in [0.25, 0.3) is 0 Å². The first-order valence-corrected chi connectivity index (χ1v) is 9.87. The van der Waals surface area contributed by atoms with E-state index >= 15 is 0 Å². The number of hydrogen-bond acceptors (Lipinski definition) is 5. The van der Waals surface area contributed by atoms with Crippen LogP contribution in [0.5, 0.6) is 5.75 Å². The molecule has 0 unspecified atom stereocenters. The Kier molecular flexibility index (Phi) is 7.24. The van der Waals surface area contributed by atoms with Gasteiger partial charge in [-0.25, -0.2) is 4.79 Å². The largest absolute Gasteiger partial charge is 0.573 e. The number of carbonyl (C=O) groups is 2. The van der Waals surface area contributed by atoms with Crippen LogP contribution in [0.4, 0.5) is 18.0 Å². The Morgan fingerprint density at radius 2 is 1.81 bits per heavy atom. The van der Waals surface area contributed by atoms with Gasteiger partial charge >= 0.3 is 12.5 Å². The van der Waals surface area contributed by atoms with Gasteiger partial charge in [-0.2, -0.15) is 0 Å². The zero-order valence-corrected chi connectivity index (χ0v) is 17.3. The average molecular weight is 452 g/mol. The van der Waals surface area contributed by atoms with E-state index in [4.69, 9.17) is 4.74 Å². The lowest BCUT2D eigenvalue weighted by Gasteiger charge is -2.27. The SMILES string of the molecule is CN(Cc1cccc(OC(F)(F)F)c1)C(=O)[C@@H]1C[C@@H](O)CN1C(=O)OCc1ccccc1. The molecule has 1 N–H and O–H groups in total. The van der Waals surface area contributed by atoms with Crippen LogP contribution in [0, 0.1) is 0 Å². The molecule has 0 saturated carbocycles. The van der Waals surface area contributed by atoms with Crippen molar-refractivity contribution in [1.29, 1.82) is 0 Å². The van der Waals surface area contributed by atoms with E-state index in [1.54, 1.807) is 30.3 Å². The van der Waals surface area contributed by atoms with Crippen molar-refractivity contribution in [2.75, 3.05) is 13.6 Å². The van der Waals surface area contributed by atoms with Crippen molar-refractivity contribution in [2.24, 2.45) is 0 Å². The highest BCUT2D eigenvalue weighted by atomic mass is 19.4. The molecule has 1 heterocycles. The van der Waals surface area contributed by atoms with E-state index in [1.165, 1.54) is 29.0 Å². The molecule has 1 aliphatic rings. The fourth-order valence-corrected chi connectivity index (χ4v) is 3.50. The van der Waals surface area contributed by atoms with Crippen LogP contribution in [0.2, 0.25) is 0 Å². The summed E-state index contributed by atoms with van der Waals surface area (Å²) < 4.78 is 46.5. The number of aliphatic hydroxyl groups excluding tert-OH is 1. The van der Waals surface area contributed by atoms with E-state index in [2.05, 4.69) is 4.74 Å². The van der Waals surface area contributed by atoms with E-state index in [0.717, 1.165) is 11.6 Å². The minimum absolute atomic E-state index is 0.00656. The maximum absolute atomic E-state index is 13.0. The average Bonchev–Trinajstić information content (AvgIpc) is 3.13. The van der Waals surface area contributed by atoms with E-state index in [1.807, 2.05) is 6.07 Å².